The molecule has 0 aliphatic heterocycles. The largest absolute Gasteiger partial charge is 0.383 e. The van der Waals surface area contributed by atoms with E-state index >= 15 is 0 Å². The zero-order chi connectivity index (χ0) is 12.7. The van der Waals surface area contributed by atoms with Gasteiger partial charge in [-0.25, -0.2) is 0 Å². The molecule has 1 aliphatic carbocycles. The van der Waals surface area contributed by atoms with Gasteiger partial charge in [-0.15, -0.1) is 0 Å². The molecule has 1 unspecified atom stereocenters. The van der Waals surface area contributed by atoms with Gasteiger partial charge >= 0.3 is 0 Å². The maximum Gasteiger partial charge on any atom is 0.0589 e. The van der Waals surface area contributed by atoms with Crippen LogP contribution in [0.5, 0.6) is 0 Å². The summed E-state index contributed by atoms with van der Waals surface area (Å²) in [6.07, 6.45) is 5.32. The average molecular weight is 242 g/mol. The minimum Gasteiger partial charge on any atom is -0.383 e. The highest BCUT2D eigenvalue weighted by atomic mass is 16.5. The van der Waals surface area contributed by atoms with E-state index in [-0.39, 0.29) is 0 Å². The number of hydrogen-bond donors (Lipinski definition) is 1. The fourth-order valence-corrected chi connectivity index (χ4v) is 2.36. The molecule has 0 saturated heterocycles. The van der Waals surface area contributed by atoms with Crippen molar-refractivity contribution in [3.8, 4) is 0 Å². The van der Waals surface area contributed by atoms with Gasteiger partial charge in [-0.05, 0) is 19.3 Å². The highest BCUT2D eigenvalue weighted by Crippen LogP contribution is 2.29. The second-order valence-corrected chi connectivity index (χ2v) is 5.47. The Kier molecular flexibility index (Phi) is 7.09. The van der Waals surface area contributed by atoms with Crippen LogP contribution in [-0.4, -0.2) is 49.8 Å². The van der Waals surface area contributed by atoms with E-state index in [0.29, 0.717) is 12.1 Å². The SMILES string of the molecule is CCCC(CNC(C)C)N(CCOC)C1CC1. The van der Waals surface area contributed by atoms with Gasteiger partial charge in [-0.3, -0.25) is 4.90 Å². The van der Waals surface area contributed by atoms with E-state index in [0.717, 1.165) is 25.7 Å². The Labute approximate surface area is 107 Å². The third-order valence-electron chi connectivity index (χ3n) is 3.42. The Morgan fingerprint density at radius 2 is 2.06 bits per heavy atom. The number of ether oxygens (including phenoxy) is 1. The molecule has 1 rings (SSSR count). The molecule has 3 heteroatoms. The predicted octanol–water partition coefficient (Wildman–Crippen LogP) is 2.26. The second kappa shape index (κ2) is 8.06. The Morgan fingerprint density at radius 3 is 2.53 bits per heavy atom. The summed E-state index contributed by atoms with van der Waals surface area (Å²) in [5.41, 5.74) is 0. The van der Waals surface area contributed by atoms with Gasteiger partial charge in [-0.2, -0.15) is 0 Å². The van der Waals surface area contributed by atoms with Gasteiger partial charge in [0.1, 0.15) is 0 Å². The van der Waals surface area contributed by atoms with E-state index in [4.69, 9.17) is 4.74 Å². The number of rotatable bonds is 10. The molecule has 0 heterocycles. The van der Waals surface area contributed by atoms with Crippen LogP contribution in [0.4, 0.5) is 0 Å². The van der Waals surface area contributed by atoms with Crippen molar-refractivity contribution in [2.45, 2.75) is 64.6 Å². The van der Waals surface area contributed by atoms with Gasteiger partial charge in [0, 0.05) is 38.3 Å². The monoisotopic (exact) mass is 242 g/mol. The molecule has 0 bridgehead atoms. The standard InChI is InChI=1S/C14H30N2O/c1-5-6-14(11-15-12(2)3)16(9-10-17-4)13-7-8-13/h12-15H,5-11H2,1-4H3. The maximum atomic E-state index is 5.24. The van der Waals surface area contributed by atoms with Crippen molar-refractivity contribution in [1.29, 1.82) is 0 Å². The molecule has 0 spiro atoms. The summed E-state index contributed by atoms with van der Waals surface area (Å²) in [5.74, 6) is 0. The number of methoxy groups -OCH3 is 1. The van der Waals surface area contributed by atoms with E-state index in [9.17, 15) is 0 Å². The Balaban J connectivity index is 2.44. The zero-order valence-electron chi connectivity index (χ0n) is 12.0. The third-order valence-corrected chi connectivity index (χ3v) is 3.42. The number of hydrogen-bond acceptors (Lipinski definition) is 3. The normalized spacial score (nSPS) is 18.0. The summed E-state index contributed by atoms with van der Waals surface area (Å²) in [7, 11) is 1.80. The summed E-state index contributed by atoms with van der Waals surface area (Å²) in [6, 6.07) is 2.10. The highest BCUT2D eigenvalue weighted by Gasteiger charge is 2.33. The van der Waals surface area contributed by atoms with E-state index in [1.165, 1.54) is 25.7 Å². The van der Waals surface area contributed by atoms with Crippen LogP contribution in [0.15, 0.2) is 0 Å². The molecule has 3 nitrogen and oxygen atoms in total. The smallest absolute Gasteiger partial charge is 0.0589 e. The minimum absolute atomic E-state index is 0.581. The minimum atomic E-state index is 0.581. The van der Waals surface area contributed by atoms with Crippen LogP contribution in [0, 0.1) is 0 Å². The Morgan fingerprint density at radius 1 is 1.35 bits per heavy atom. The summed E-state index contributed by atoms with van der Waals surface area (Å²) >= 11 is 0. The van der Waals surface area contributed by atoms with Crippen molar-refractivity contribution in [2.24, 2.45) is 0 Å². The number of nitrogens with one attached hydrogen (secondary N) is 1. The first-order valence-corrected chi connectivity index (χ1v) is 7.17. The molecule has 0 aromatic heterocycles. The van der Waals surface area contributed by atoms with E-state index in [2.05, 4.69) is 31.0 Å². The molecule has 1 fully saturated rings. The molecule has 17 heavy (non-hydrogen) atoms. The first kappa shape index (κ1) is 14.9. The van der Waals surface area contributed by atoms with Crippen molar-refractivity contribution in [3.63, 3.8) is 0 Å². The lowest BCUT2D eigenvalue weighted by molar-refractivity contribution is 0.107. The van der Waals surface area contributed by atoms with Crippen LogP contribution < -0.4 is 5.32 Å². The van der Waals surface area contributed by atoms with E-state index in [1.54, 1.807) is 7.11 Å². The van der Waals surface area contributed by atoms with Crippen molar-refractivity contribution in [2.75, 3.05) is 26.8 Å². The molecule has 1 aliphatic rings. The molecule has 1 atom stereocenters. The lowest BCUT2D eigenvalue weighted by Crippen LogP contribution is -2.46. The van der Waals surface area contributed by atoms with Gasteiger partial charge in [0.2, 0.25) is 0 Å². The summed E-state index contributed by atoms with van der Waals surface area (Å²) in [6.45, 7) is 9.79. The van der Waals surface area contributed by atoms with E-state index in [1.807, 2.05) is 0 Å². The molecule has 1 saturated carbocycles. The van der Waals surface area contributed by atoms with Crippen molar-refractivity contribution >= 4 is 0 Å². The first-order chi connectivity index (χ1) is 8.19. The van der Waals surface area contributed by atoms with Crippen LogP contribution in [0.25, 0.3) is 0 Å². The van der Waals surface area contributed by atoms with Crippen molar-refractivity contribution in [1.82, 2.24) is 10.2 Å². The summed E-state index contributed by atoms with van der Waals surface area (Å²) < 4.78 is 5.24. The van der Waals surface area contributed by atoms with Crippen molar-refractivity contribution in [3.05, 3.63) is 0 Å². The topological polar surface area (TPSA) is 24.5 Å². The average Bonchev–Trinajstić information content (AvgIpc) is 3.10. The van der Waals surface area contributed by atoms with Crippen LogP contribution in [0.3, 0.4) is 0 Å². The van der Waals surface area contributed by atoms with Gasteiger partial charge in [0.25, 0.3) is 0 Å². The zero-order valence-corrected chi connectivity index (χ0v) is 12.0. The second-order valence-electron chi connectivity index (χ2n) is 5.47. The van der Waals surface area contributed by atoms with Crippen LogP contribution in [0.2, 0.25) is 0 Å². The molecular weight excluding hydrogens is 212 g/mol. The van der Waals surface area contributed by atoms with Crippen LogP contribution in [-0.2, 0) is 4.74 Å². The molecule has 0 aromatic carbocycles. The van der Waals surface area contributed by atoms with Crippen LogP contribution in [0.1, 0.15) is 46.5 Å². The lowest BCUT2D eigenvalue weighted by Gasteiger charge is -2.32. The molecule has 0 amide bonds. The molecular formula is C14H30N2O. The van der Waals surface area contributed by atoms with E-state index < -0.39 is 0 Å². The maximum absolute atomic E-state index is 5.24. The van der Waals surface area contributed by atoms with Crippen molar-refractivity contribution < 1.29 is 4.74 Å². The Bertz CT molecular complexity index is 193. The molecule has 0 aromatic rings. The van der Waals surface area contributed by atoms with Gasteiger partial charge in [0.05, 0.1) is 6.61 Å². The summed E-state index contributed by atoms with van der Waals surface area (Å²) in [4.78, 5) is 2.67. The lowest BCUT2D eigenvalue weighted by atomic mass is 10.1. The van der Waals surface area contributed by atoms with Crippen LogP contribution >= 0.6 is 0 Å². The molecule has 102 valence electrons. The molecule has 0 radical (unpaired) electrons. The van der Waals surface area contributed by atoms with Gasteiger partial charge in [-0.1, -0.05) is 27.2 Å². The van der Waals surface area contributed by atoms with Gasteiger partial charge in [0.15, 0.2) is 0 Å². The number of nitrogens with zero attached hydrogens (tertiary/aromatic N) is 1. The fraction of sp³-hybridized carbons (Fsp3) is 1.00. The first-order valence-electron chi connectivity index (χ1n) is 7.17. The highest BCUT2D eigenvalue weighted by molar-refractivity contribution is 4.89. The predicted molar refractivity (Wildman–Crippen MR) is 73.4 cm³/mol. The van der Waals surface area contributed by atoms with Gasteiger partial charge < -0.3 is 10.1 Å². The fourth-order valence-electron chi connectivity index (χ4n) is 2.36. The quantitative estimate of drug-likeness (QED) is 0.636. The third kappa shape index (κ3) is 5.84. The Hall–Kier alpha value is -0.120. The summed E-state index contributed by atoms with van der Waals surface area (Å²) in [5, 5.41) is 3.59. The molecule has 1 N–H and O–H groups in total.